The average molecular weight is 287 g/mol. The van der Waals surface area contributed by atoms with Gasteiger partial charge in [-0.15, -0.1) is 0 Å². The summed E-state index contributed by atoms with van der Waals surface area (Å²) >= 11 is 0. The van der Waals surface area contributed by atoms with Crippen molar-refractivity contribution >= 4 is 11.6 Å². The first kappa shape index (κ1) is 17.2. The van der Waals surface area contributed by atoms with E-state index < -0.39 is 0 Å². The van der Waals surface area contributed by atoms with Crippen molar-refractivity contribution in [2.75, 3.05) is 25.0 Å². The third kappa shape index (κ3) is 6.92. The summed E-state index contributed by atoms with van der Waals surface area (Å²) < 4.78 is 0. The quantitative estimate of drug-likeness (QED) is 0.757. The van der Waals surface area contributed by atoms with Crippen molar-refractivity contribution in [3.05, 3.63) is 29.8 Å². The number of nitrogens with one attached hydrogen (secondary N) is 1. The molecule has 0 aliphatic heterocycles. The largest absolute Gasteiger partial charge is 0.326 e. The van der Waals surface area contributed by atoms with Crippen LogP contribution in [0, 0.1) is 11.3 Å². The van der Waals surface area contributed by atoms with Gasteiger partial charge in [0.05, 0.1) is 11.6 Å². The Kier molecular flexibility index (Phi) is 8.15. The summed E-state index contributed by atoms with van der Waals surface area (Å²) in [6.07, 6.45) is 3.79. The van der Waals surface area contributed by atoms with Crippen LogP contribution in [-0.4, -0.2) is 30.4 Å². The number of carbonyl (C=O) groups is 1. The Labute approximate surface area is 127 Å². The van der Waals surface area contributed by atoms with E-state index >= 15 is 0 Å². The number of amides is 1. The summed E-state index contributed by atoms with van der Waals surface area (Å²) in [5.74, 6) is 0.0108. The van der Waals surface area contributed by atoms with E-state index in [9.17, 15) is 4.79 Å². The SMILES string of the molecule is CCCCN(CC)CCCC(=O)Nc1cccc(C#N)c1. The van der Waals surface area contributed by atoms with Crippen LogP contribution in [0.2, 0.25) is 0 Å². The summed E-state index contributed by atoms with van der Waals surface area (Å²) in [6, 6.07) is 9.06. The van der Waals surface area contributed by atoms with Gasteiger partial charge in [-0.05, 0) is 50.7 Å². The van der Waals surface area contributed by atoms with Gasteiger partial charge in [0.15, 0.2) is 0 Å². The molecule has 0 saturated carbocycles. The van der Waals surface area contributed by atoms with Gasteiger partial charge in [-0.1, -0.05) is 26.3 Å². The number of carbonyl (C=O) groups excluding carboxylic acids is 1. The highest BCUT2D eigenvalue weighted by molar-refractivity contribution is 5.90. The highest BCUT2D eigenvalue weighted by Gasteiger charge is 2.06. The second-order valence-electron chi connectivity index (χ2n) is 5.13. The summed E-state index contributed by atoms with van der Waals surface area (Å²) in [5, 5.41) is 11.7. The number of nitriles is 1. The van der Waals surface area contributed by atoms with Crippen LogP contribution in [0.3, 0.4) is 0 Å². The van der Waals surface area contributed by atoms with Gasteiger partial charge in [-0.25, -0.2) is 0 Å². The van der Waals surface area contributed by atoms with Gasteiger partial charge in [0.25, 0.3) is 0 Å². The molecule has 0 fully saturated rings. The number of hydrogen-bond donors (Lipinski definition) is 1. The number of rotatable bonds is 9. The maximum atomic E-state index is 11.9. The molecule has 0 aromatic heterocycles. The Morgan fingerprint density at radius 3 is 2.71 bits per heavy atom. The Morgan fingerprint density at radius 1 is 1.29 bits per heavy atom. The van der Waals surface area contributed by atoms with Gasteiger partial charge in [0, 0.05) is 12.1 Å². The zero-order valence-corrected chi connectivity index (χ0v) is 13.1. The van der Waals surface area contributed by atoms with Crippen molar-refractivity contribution in [1.29, 1.82) is 5.26 Å². The average Bonchev–Trinajstić information content (AvgIpc) is 2.50. The van der Waals surface area contributed by atoms with E-state index in [-0.39, 0.29) is 5.91 Å². The van der Waals surface area contributed by atoms with Gasteiger partial charge in [0.1, 0.15) is 0 Å². The van der Waals surface area contributed by atoms with Crippen LogP contribution in [0.5, 0.6) is 0 Å². The summed E-state index contributed by atoms with van der Waals surface area (Å²) in [4.78, 5) is 14.3. The molecule has 1 aromatic carbocycles. The molecule has 0 spiro atoms. The summed E-state index contributed by atoms with van der Waals surface area (Å²) in [7, 11) is 0. The van der Waals surface area contributed by atoms with E-state index in [1.165, 1.54) is 12.8 Å². The van der Waals surface area contributed by atoms with E-state index in [1.54, 1.807) is 24.3 Å². The topological polar surface area (TPSA) is 56.1 Å². The zero-order chi connectivity index (χ0) is 15.5. The Bertz CT molecular complexity index is 479. The molecule has 0 heterocycles. The first-order chi connectivity index (χ1) is 10.2. The lowest BCUT2D eigenvalue weighted by molar-refractivity contribution is -0.116. The molecule has 0 unspecified atom stereocenters. The lowest BCUT2D eigenvalue weighted by Gasteiger charge is -2.19. The Hall–Kier alpha value is -1.86. The molecule has 0 atom stereocenters. The molecule has 0 radical (unpaired) electrons. The minimum atomic E-state index is 0.0108. The van der Waals surface area contributed by atoms with E-state index in [1.807, 2.05) is 0 Å². The van der Waals surface area contributed by atoms with Gasteiger partial charge < -0.3 is 10.2 Å². The molecular formula is C17H25N3O. The molecule has 0 aliphatic carbocycles. The van der Waals surface area contributed by atoms with Crippen molar-refractivity contribution in [2.24, 2.45) is 0 Å². The molecule has 21 heavy (non-hydrogen) atoms. The standard InChI is InChI=1S/C17H25N3O/c1-3-5-11-20(4-2)12-7-10-17(21)19-16-9-6-8-15(13-16)14-18/h6,8-9,13H,3-5,7,10-12H2,1-2H3,(H,19,21). The van der Waals surface area contributed by atoms with Crippen molar-refractivity contribution in [3.63, 3.8) is 0 Å². The molecule has 1 aromatic rings. The monoisotopic (exact) mass is 287 g/mol. The summed E-state index contributed by atoms with van der Waals surface area (Å²) in [6.45, 7) is 7.45. The predicted molar refractivity (Wildman–Crippen MR) is 86.0 cm³/mol. The minimum Gasteiger partial charge on any atom is -0.326 e. The zero-order valence-electron chi connectivity index (χ0n) is 13.1. The number of unbranched alkanes of at least 4 members (excludes halogenated alkanes) is 1. The third-order valence-electron chi connectivity index (χ3n) is 3.43. The van der Waals surface area contributed by atoms with Crippen LogP contribution in [-0.2, 0) is 4.79 Å². The van der Waals surface area contributed by atoms with Crippen molar-refractivity contribution < 1.29 is 4.79 Å². The van der Waals surface area contributed by atoms with E-state index in [0.29, 0.717) is 17.7 Å². The molecule has 0 saturated heterocycles. The predicted octanol–water partition coefficient (Wildman–Crippen LogP) is 3.40. The molecule has 1 rings (SSSR count). The van der Waals surface area contributed by atoms with Crippen molar-refractivity contribution in [2.45, 2.75) is 39.5 Å². The molecule has 0 aliphatic rings. The van der Waals surface area contributed by atoms with Gasteiger partial charge in [-0.2, -0.15) is 5.26 Å². The van der Waals surface area contributed by atoms with Crippen LogP contribution < -0.4 is 5.32 Å². The highest BCUT2D eigenvalue weighted by Crippen LogP contribution is 2.10. The van der Waals surface area contributed by atoms with E-state index in [0.717, 1.165) is 26.1 Å². The van der Waals surface area contributed by atoms with Crippen LogP contribution in [0.1, 0.15) is 45.1 Å². The number of hydrogen-bond acceptors (Lipinski definition) is 3. The first-order valence-corrected chi connectivity index (χ1v) is 7.72. The maximum absolute atomic E-state index is 11.9. The highest BCUT2D eigenvalue weighted by atomic mass is 16.1. The Morgan fingerprint density at radius 2 is 2.05 bits per heavy atom. The van der Waals surface area contributed by atoms with E-state index in [2.05, 4.69) is 30.1 Å². The molecule has 1 amide bonds. The van der Waals surface area contributed by atoms with Crippen LogP contribution in [0.4, 0.5) is 5.69 Å². The fraction of sp³-hybridized carbons (Fsp3) is 0.529. The second kappa shape index (κ2) is 9.95. The van der Waals surface area contributed by atoms with Gasteiger partial charge in [-0.3, -0.25) is 4.79 Å². The fourth-order valence-corrected chi connectivity index (χ4v) is 2.16. The van der Waals surface area contributed by atoms with Crippen LogP contribution in [0.15, 0.2) is 24.3 Å². The van der Waals surface area contributed by atoms with Crippen molar-refractivity contribution in [1.82, 2.24) is 4.90 Å². The van der Waals surface area contributed by atoms with Crippen LogP contribution in [0.25, 0.3) is 0 Å². The molecule has 0 bridgehead atoms. The van der Waals surface area contributed by atoms with Gasteiger partial charge >= 0.3 is 0 Å². The molecular weight excluding hydrogens is 262 g/mol. The lowest BCUT2D eigenvalue weighted by Crippen LogP contribution is -2.26. The normalized spacial score (nSPS) is 10.4. The fourth-order valence-electron chi connectivity index (χ4n) is 2.16. The minimum absolute atomic E-state index is 0.0108. The number of benzene rings is 1. The summed E-state index contributed by atoms with van der Waals surface area (Å²) in [5.41, 5.74) is 1.25. The van der Waals surface area contributed by atoms with Gasteiger partial charge in [0.2, 0.25) is 5.91 Å². The molecule has 114 valence electrons. The third-order valence-corrected chi connectivity index (χ3v) is 3.43. The van der Waals surface area contributed by atoms with Crippen molar-refractivity contribution in [3.8, 4) is 6.07 Å². The number of anilines is 1. The molecule has 4 heteroatoms. The number of nitrogens with zero attached hydrogens (tertiary/aromatic N) is 2. The Balaban J connectivity index is 2.32. The maximum Gasteiger partial charge on any atom is 0.224 e. The molecule has 4 nitrogen and oxygen atoms in total. The smallest absolute Gasteiger partial charge is 0.224 e. The van der Waals surface area contributed by atoms with Crippen LogP contribution >= 0.6 is 0 Å². The second-order valence-corrected chi connectivity index (χ2v) is 5.13. The molecule has 1 N–H and O–H groups in total. The lowest BCUT2D eigenvalue weighted by atomic mass is 10.2. The van der Waals surface area contributed by atoms with E-state index in [4.69, 9.17) is 5.26 Å². The first-order valence-electron chi connectivity index (χ1n) is 7.72.